The standard InChI is InChI=1S/C28H33N5O/c1-18-14-23(15-19(2)31-18)28-20(3)25-6-4-21(16-26(25)32-28)22-5-7-27(30-17-22)33-11-8-24(9-12-33)29-10-13-34/h4-7,14-17,24,29,32,34H,8-13H2,1-3H3. The lowest BCUT2D eigenvalue weighted by atomic mass is 10.0. The molecule has 4 aromatic rings. The smallest absolute Gasteiger partial charge is 0.128 e. The van der Waals surface area contributed by atoms with Gasteiger partial charge in [0, 0.05) is 71.0 Å². The highest BCUT2D eigenvalue weighted by Gasteiger charge is 2.19. The van der Waals surface area contributed by atoms with Crippen LogP contribution in [0.1, 0.15) is 29.8 Å². The minimum atomic E-state index is 0.196. The molecule has 1 aliphatic rings. The highest BCUT2D eigenvalue weighted by atomic mass is 16.3. The Morgan fingerprint density at radius 1 is 0.971 bits per heavy atom. The molecule has 34 heavy (non-hydrogen) atoms. The summed E-state index contributed by atoms with van der Waals surface area (Å²) in [7, 11) is 0. The first-order valence-corrected chi connectivity index (χ1v) is 12.2. The van der Waals surface area contributed by atoms with E-state index in [2.05, 4.69) is 69.6 Å². The summed E-state index contributed by atoms with van der Waals surface area (Å²) in [5, 5.41) is 13.7. The number of rotatable bonds is 6. The van der Waals surface area contributed by atoms with Crippen LogP contribution in [0.15, 0.2) is 48.7 Å². The fraction of sp³-hybridized carbons (Fsp3) is 0.357. The molecule has 0 radical (unpaired) electrons. The average Bonchev–Trinajstić information content (AvgIpc) is 3.18. The van der Waals surface area contributed by atoms with Gasteiger partial charge in [-0.1, -0.05) is 12.1 Å². The van der Waals surface area contributed by atoms with E-state index in [4.69, 9.17) is 10.1 Å². The molecule has 6 heteroatoms. The van der Waals surface area contributed by atoms with Crippen LogP contribution in [0.2, 0.25) is 0 Å². The van der Waals surface area contributed by atoms with Crippen molar-refractivity contribution < 1.29 is 5.11 Å². The van der Waals surface area contributed by atoms with Crippen LogP contribution in [0.3, 0.4) is 0 Å². The van der Waals surface area contributed by atoms with Crippen LogP contribution in [0.5, 0.6) is 0 Å². The summed E-state index contributed by atoms with van der Waals surface area (Å²) in [6.45, 7) is 9.10. The molecule has 0 unspecified atom stereocenters. The van der Waals surface area contributed by atoms with E-state index in [0.717, 1.165) is 65.5 Å². The number of aryl methyl sites for hydroxylation is 3. The van der Waals surface area contributed by atoms with Gasteiger partial charge >= 0.3 is 0 Å². The second-order valence-corrected chi connectivity index (χ2v) is 9.37. The molecule has 3 N–H and O–H groups in total. The molecule has 1 aromatic carbocycles. The lowest BCUT2D eigenvalue weighted by Crippen LogP contribution is -2.43. The van der Waals surface area contributed by atoms with Crippen molar-refractivity contribution in [2.45, 2.75) is 39.7 Å². The van der Waals surface area contributed by atoms with Gasteiger partial charge in [-0.3, -0.25) is 4.98 Å². The van der Waals surface area contributed by atoms with Gasteiger partial charge < -0.3 is 20.3 Å². The summed E-state index contributed by atoms with van der Waals surface area (Å²) in [6, 6.07) is 15.7. The van der Waals surface area contributed by atoms with Crippen LogP contribution in [0, 0.1) is 20.8 Å². The van der Waals surface area contributed by atoms with Gasteiger partial charge in [0.25, 0.3) is 0 Å². The van der Waals surface area contributed by atoms with Crippen molar-refractivity contribution in [3.05, 3.63) is 65.6 Å². The topological polar surface area (TPSA) is 77.1 Å². The van der Waals surface area contributed by atoms with Crippen molar-refractivity contribution in [1.82, 2.24) is 20.3 Å². The number of H-pyrrole nitrogens is 1. The van der Waals surface area contributed by atoms with Crippen LogP contribution in [-0.4, -0.2) is 52.3 Å². The number of benzene rings is 1. The molecule has 0 bridgehead atoms. The number of aromatic amines is 1. The normalized spacial score (nSPS) is 14.8. The molecule has 6 nitrogen and oxygen atoms in total. The number of aliphatic hydroxyl groups is 1. The van der Waals surface area contributed by atoms with E-state index in [1.807, 2.05) is 20.0 Å². The van der Waals surface area contributed by atoms with Crippen LogP contribution in [0.4, 0.5) is 5.82 Å². The van der Waals surface area contributed by atoms with Crippen LogP contribution in [-0.2, 0) is 0 Å². The van der Waals surface area contributed by atoms with Crippen LogP contribution < -0.4 is 10.2 Å². The maximum Gasteiger partial charge on any atom is 0.128 e. The van der Waals surface area contributed by atoms with Gasteiger partial charge in [0.1, 0.15) is 5.82 Å². The van der Waals surface area contributed by atoms with Gasteiger partial charge in [0.15, 0.2) is 0 Å². The molecular formula is C28H33N5O. The number of anilines is 1. The van der Waals surface area contributed by atoms with Crippen LogP contribution in [0.25, 0.3) is 33.3 Å². The van der Waals surface area contributed by atoms with Gasteiger partial charge in [-0.25, -0.2) is 4.98 Å². The minimum Gasteiger partial charge on any atom is -0.395 e. The fourth-order valence-electron chi connectivity index (χ4n) is 5.11. The summed E-state index contributed by atoms with van der Waals surface area (Å²) in [5.74, 6) is 1.03. The minimum absolute atomic E-state index is 0.196. The molecule has 0 spiro atoms. The van der Waals surface area contributed by atoms with E-state index in [1.54, 1.807) is 0 Å². The summed E-state index contributed by atoms with van der Waals surface area (Å²) in [5.41, 5.74) is 9.09. The number of nitrogens with zero attached hydrogens (tertiary/aromatic N) is 3. The molecule has 1 saturated heterocycles. The van der Waals surface area contributed by atoms with Gasteiger partial charge in [-0.15, -0.1) is 0 Å². The number of hydrogen-bond acceptors (Lipinski definition) is 5. The Bertz CT molecular complexity index is 1270. The molecule has 0 saturated carbocycles. The molecule has 5 rings (SSSR count). The molecule has 3 aromatic heterocycles. The average molecular weight is 456 g/mol. The predicted octanol–water partition coefficient (Wildman–Crippen LogP) is 4.77. The third-order valence-corrected chi connectivity index (χ3v) is 6.87. The van der Waals surface area contributed by atoms with Crippen molar-refractivity contribution in [2.24, 2.45) is 0 Å². The Morgan fingerprint density at radius 3 is 2.38 bits per heavy atom. The van der Waals surface area contributed by atoms with Crippen molar-refractivity contribution in [1.29, 1.82) is 0 Å². The molecular weight excluding hydrogens is 422 g/mol. The van der Waals surface area contributed by atoms with Gasteiger partial charge in [0.2, 0.25) is 0 Å². The maximum atomic E-state index is 9.00. The zero-order valence-corrected chi connectivity index (χ0v) is 20.2. The molecule has 0 atom stereocenters. The fourth-order valence-corrected chi connectivity index (χ4v) is 5.11. The Kier molecular flexibility index (Phi) is 6.35. The number of nitrogens with one attached hydrogen (secondary N) is 2. The third kappa shape index (κ3) is 4.56. The lowest BCUT2D eigenvalue weighted by Gasteiger charge is -2.33. The van der Waals surface area contributed by atoms with Crippen LogP contribution >= 0.6 is 0 Å². The number of pyridine rings is 2. The van der Waals surface area contributed by atoms with E-state index in [9.17, 15) is 0 Å². The van der Waals surface area contributed by atoms with E-state index in [-0.39, 0.29) is 6.61 Å². The molecule has 176 valence electrons. The third-order valence-electron chi connectivity index (χ3n) is 6.87. The second kappa shape index (κ2) is 9.57. The quantitative estimate of drug-likeness (QED) is 0.390. The van der Waals surface area contributed by atoms with E-state index in [0.29, 0.717) is 12.6 Å². The maximum absolute atomic E-state index is 9.00. The van der Waals surface area contributed by atoms with Crippen molar-refractivity contribution in [3.63, 3.8) is 0 Å². The Balaban J connectivity index is 1.35. The molecule has 4 heterocycles. The van der Waals surface area contributed by atoms with Gasteiger partial charge in [-0.05, 0) is 75.1 Å². The Hall–Kier alpha value is -3.22. The summed E-state index contributed by atoms with van der Waals surface area (Å²) in [4.78, 5) is 15.3. The van der Waals surface area contributed by atoms with Crippen molar-refractivity contribution >= 4 is 16.7 Å². The van der Waals surface area contributed by atoms with Gasteiger partial charge in [0.05, 0.1) is 6.61 Å². The number of fused-ring (bicyclic) bond motifs is 1. The molecule has 1 aliphatic heterocycles. The van der Waals surface area contributed by atoms with E-state index in [1.165, 1.54) is 16.5 Å². The molecule has 0 aliphatic carbocycles. The summed E-state index contributed by atoms with van der Waals surface area (Å²) in [6.07, 6.45) is 4.13. The summed E-state index contributed by atoms with van der Waals surface area (Å²) < 4.78 is 0. The largest absolute Gasteiger partial charge is 0.395 e. The zero-order valence-electron chi connectivity index (χ0n) is 20.2. The SMILES string of the molecule is Cc1cc(-c2[nH]c3cc(-c4ccc(N5CCC(NCCO)CC5)nc4)ccc3c2C)cc(C)n1. The molecule has 0 amide bonds. The Morgan fingerprint density at radius 2 is 1.71 bits per heavy atom. The Labute approximate surface area is 201 Å². The number of piperidine rings is 1. The van der Waals surface area contributed by atoms with E-state index < -0.39 is 0 Å². The number of aromatic nitrogens is 3. The zero-order chi connectivity index (χ0) is 23.7. The van der Waals surface area contributed by atoms with Crippen molar-refractivity contribution in [3.8, 4) is 22.4 Å². The first-order chi connectivity index (χ1) is 16.5. The highest BCUT2D eigenvalue weighted by Crippen LogP contribution is 2.33. The lowest BCUT2D eigenvalue weighted by molar-refractivity contribution is 0.277. The van der Waals surface area contributed by atoms with Gasteiger partial charge in [-0.2, -0.15) is 0 Å². The highest BCUT2D eigenvalue weighted by molar-refractivity contribution is 5.93. The molecule has 1 fully saturated rings. The predicted molar refractivity (Wildman–Crippen MR) is 139 cm³/mol. The van der Waals surface area contributed by atoms with E-state index >= 15 is 0 Å². The second-order valence-electron chi connectivity index (χ2n) is 9.37. The monoisotopic (exact) mass is 455 g/mol. The first-order valence-electron chi connectivity index (χ1n) is 12.2. The number of hydrogen-bond donors (Lipinski definition) is 3. The van der Waals surface area contributed by atoms with Crippen molar-refractivity contribution in [2.75, 3.05) is 31.1 Å². The first kappa shape index (κ1) is 22.6. The summed E-state index contributed by atoms with van der Waals surface area (Å²) >= 11 is 0. The number of aliphatic hydroxyl groups excluding tert-OH is 1.